The van der Waals surface area contributed by atoms with Gasteiger partial charge >= 0.3 is 0 Å². The molecular weight excluding hydrogens is 336 g/mol. The van der Waals surface area contributed by atoms with Crippen molar-refractivity contribution in [3.63, 3.8) is 0 Å². The fraction of sp³-hybridized carbons (Fsp3) is 0.429. The lowest BCUT2D eigenvalue weighted by Gasteiger charge is -2.16. The molecule has 0 aliphatic heterocycles. The maximum atomic E-state index is 3.48. The minimum absolute atomic E-state index is 1.08. The van der Waals surface area contributed by atoms with Gasteiger partial charge < -0.3 is 0 Å². The summed E-state index contributed by atoms with van der Waals surface area (Å²) in [6.07, 6.45) is 11.2. The lowest BCUT2D eigenvalue weighted by molar-refractivity contribution is 0.839. The van der Waals surface area contributed by atoms with Crippen molar-refractivity contribution >= 4 is 0 Å². The largest absolute Gasteiger partial charge is 0.103 e. The maximum absolute atomic E-state index is 3.48. The van der Waals surface area contributed by atoms with Gasteiger partial charge in [0.1, 0.15) is 0 Å². The summed E-state index contributed by atoms with van der Waals surface area (Å²) in [5, 5.41) is 0. The van der Waals surface area contributed by atoms with E-state index < -0.39 is 0 Å². The number of aryl methyl sites for hydroxylation is 4. The van der Waals surface area contributed by atoms with Gasteiger partial charge in [0.25, 0.3) is 0 Å². The van der Waals surface area contributed by atoms with Crippen LogP contribution in [0.15, 0.2) is 73.8 Å². The summed E-state index contributed by atoms with van der Waals surface area (Å²) in [5.41, 5.74) is 6.19. The molecule has 0 atom stereocenters. The van der Waals surface area contributed by atoms with Crippen molar-refractivity contribution in [1.82, 2.24) is 0 Å². The van der Waals surface area contributed by atoms with Crippen LogP contribution in [0, 0.1) is 0 Å². The first kappa shape index (κ1) is 28.1. The van der Waals surface area contributed by atoms with Gasteiger partial charge in [-0.15, -0.1) is 13.2 Å². The Morgan fingerprint density at radius 3 is 0.929 bits per heavy atom. The molecule has 0 radical (unpaired) electrons. The molecule has 0 unspecified atom stereocenters. The Morgan fingerprint density at radius 2 is 0.857 bits per heavy atom. The number of hydrogen-bond donors (Lipinski definition) is 0. The first-order chi connectivity index (χ1) is 13.7. The molecule has 4 rings (SSSR count). The van der Waals surface area contributed by atoms with Gasteiger partial charge in [-0.2, -0.15) is 0 Å². The lowest BCUT2D eigenvalue weighted by Crippen LogP contribution is -2.06. The molecule has 0 heteroatoms. The lowest BCUT2D eigenvalue weighted by atomic mass is 9.89. The van der Waals surface area contributed by atoms with Gasteiger partial charge in [-0.25, -0.2) is 0 Å². The Hall–Kier alpha value is -2.08. The second kappa shape index (κ2) is 21.2. The molecule has 2 aliphatic carbocycles. The van der Waals surface area contributed by atoms with Crippen molar-refractivity contribution in [2.24, 2.45) is 0 Å². The molecule has 2 aromatic carbocycles. The molecule has 0 N–H and O–H groups in total. The Bertz CT molecular complexity index is 513. The third kappa shape index (κ3) is 13.1. The number of benzene rings is 2. The summed E-state index contributed by atoms with van der Waals surface area (Å²) in [6.45, 7) is 19.0. The van der Waals surface area contributed by atoms with E-state index in [1.54, 1.807) is 28.3 Å². The molecule has 28 heavy (non-hydrogen) atoms. The van der Waals surface area contributed by atoms with Gasteiger partial charge in [0.05, 0.1) is 0 Å². The van der Waals surface area contributed by atoms with E-state index >= 15 is 0 Å². The summed E-state index contributed by atoms with van der Waals surface area (Å²) >= 11 is 0. The zero-order chi connectivity index (χ0) is 21.6. The number of allylic oxidation sites excluding steroid dienone is 2. The van der Waals surface area contributed by atoms with Crippen LogP contribution >= 0.6 is 0 Å². The molecule has 2 aromatic rings. The molecule has 0 saturated carbocycles. The van der Waals surface area contributed by atoms with Gasteiger partial charge in [0.2, 0.25) is 0 Å². The Morgan fingerprint density at radius 1 is 0.679 bits per heavy atom. The van der Waals surface area contributed by atoms with E-state index in [0.717, 1.165) is 6.42 Å². The second-order valence-corrected chi connectivity index (χ2v) is 6.35. The summed E-state index contributed by atoms with van der Waals surface area (Å²) in [4.78, 5) is 0. The van der Waals surface area contributed by atoms with E-state index in [1.807, 2.05) is 26.8 Å². The summed E-state index contributed by atoms with van der Waals surface area (Å²) in [7, 11) is 0. The fourth-order valence-corrected chi connectivity index (χ4v) is 2.28. The minimum Gasteiger partial charge on any atom is -0.103 e. The Labute approximate surface area is 176 Å². The third-order valence-electron chi connectivity index (χ3n) is 3.85. The van der Waals surface area contributed by atoms with Crippen LogP contribution in [0.1, 0.15) is 76.6 Å². The molecule has 2 aliphatic rings. The zero-order valence-electron chi connectivity index (χ0n) is 19.4. The van der Waals surface area contributed by atoms with Crippen molar-refractivity contribution in [3.05, 3.63) is 96.1 Å². The van der Waals surface area contributed by atoms with Crippen LogP contribution in [0.25, 0.3) is 0 Å². The molecular formula is C28H44. The number of hydrogen-bond acceptors (Lipinski definition) is 0. The highest BCUT2D eigenvalue weighted by Crippen LogP contribution is 2.21. The maximum Gasteiger partial charge on any atom is -0.0235 e. The average Bonchev–Trinajstić information content (AvgIpc) is 2.68. The van der Waals surface area contributed by atoms with Crippen LogP contribution in [0.4, 0.5) is 0 Å². The van der Waals surface area contributed by atoms with E-state index in [1.165, 1.54) is 32.1 Å². The molecule has 0 amide bonds. The van der Waals surface area contributed by atoms with Crippen molar-refractivity contribution in [2.45, 2.75) is 80.1 Å². The van der Waals surface area contributed by atoms with E-state index in [2.05, 4.69) is 82.5 Å². The highest BCUT2D eigenvalue weighted by molar-refractivity contribution is 5.35. The van der Waals surface area contributed by atoms with E-state index in [9.17, 15) is 0 Å². The van der Waals surface area contributed by atoms with Crippen LogP contribution in [-0.2, 0) is 25.7 Å². The third-order valence-corrected chi connectivity index (χ3v) is 3.85. The molecule has 0 spiro atoms. The molecule has 156 valence electrons. The Balaban J connectivity index is 0. The highest BCUT2D eigenvalue weighted by atomic mass is 14.1. The molecule has 0 heterocycles. The van der Waals surface area contributed by atoms with E-state index in [0.29, 0.717) is 0 Å². The van der Waals surface area contributed by atoms with Crippen LogP contribution < -0.4 is 0 Å². The first-order valence-corrected chi connectivity index (χ1v) is 11.0. The molecule has 0 aromatic heterocycles. The molecule has 0 saturated heterocycles. The van der Waals surface area contributed by atoms with Gasteiger partial charge in [-0.1, -0.05) is 102 Å². The monoisotopic (exact) mass is 380 g/mol. The first-order valence-electron chi connectivity index (χ1n) is 11.0. The summed E-state index contributed by atoms with van der Waals surface area (Å²) in [5.74, 6) is 0. The topological polar surface area (TPSA) is 0 Å². The van der Waals surface area contributed by atoms with Crippen LogP contribution in [0.5, 0.6) is 0 Å². The molecule has 0 fully saturated rings. The summed E-state index contributed by atoms with van der Waals surface area (Å²) in [6, 6.07) is 17.3. The SMILES string of the molecule is C=CC.C=CCC.CC.CCC.c1ccc2c(c1)CC2.c1ccc2c(c1)CC2. The van der Waals surface area contributed by atoms with Crippen molar-refractivity contribution in [3.8, 4) is 0 Å². The van der Waals surface area contributed by atoms with Crippen LogP contribution in [0.3, 0.4) is 0 Å². The molecule has 0 nitrogen and oxygen atoms in total. The van der Waals surface area contributed by atoms with Crippen LogP contribution in [-0.4, -0.2) is 0 Å². The quantitative estimate of drug-likeness (QED) is 0.434. The standard InChI is InChI=1S/2C8H8.C4H8.C3H8.C3H6.C2H6/c2*1-2-4-8-6-5-7(8)3-1;1-3-4-2;2*1-3-2;1-2/h2*1-4H,5-6H2;3H,1,4H2,2H3;3H2,1-2H3;3H,1H2,2H3;1-2H3. The Kier molecular flexibility index (Phi) is 21.3. The number of fused-ring (bicyclic) bond motifs is 2. The van der Waals surface area contributed by atoms with Gasteiger partial charge in [0.15, 0.2) is 0 Å². The van der Waals surface area contributed by atoms with Gasteiger partial charge in [-0.3, -0.25) is 0 Å². The van der Waals surface area contributed by atoms with Crippen molar-refractivity contribution < 1.29 is 0 Å². The van der Waals surface area contributed by atoms with Crippen molar-refractivity contribution in [2.75, 3.05) is 0 Å². The van der Waals surface area contributed by atoms with Crippen molar-refractivity contribution in [1.29, 1.82) is 0 Å². The summed E-state index contributed by atoms with van der Waals surface area (Å²) < 4.78 is 0. The average molecular weight is 381 g/mol. The normalized spacial score (nSPS) is 10.5. The predicted molar refractivity (Wildman–Crippen MR) is 131 cm³/mol. The number of rotatable bonds is 1. The van der Waals surface area contributed by atoms with Gasteiger partial charge in [-0.05, 0) is 61.3 Å². The highest BCUT2D eigenvalue weighted by Gasteiger charge is 2.09. The van der Waals surface area contributed by atoms with Gasteiger partial charge in [0, 0.05) is 0 Å². The van der Waals surface area contributed by atoms with E-state index in [4.69, 9.17) is 0 Å². The fourth-order valence-electron chi connectivity index (χ4n) is 2.28. The smallest absolute Gasteiger partial charge is 0.0235 e. The zero-order valence-corrected chi connectivity index (χ0v) is 19.4. The second-order valence-electron chi connectivity index (χ2n) is 6.35. The molecule has 0 bridgehead atoms. The van der Waals surface area contributed by atoms with E-state index in [-0.39, 0.29) is 0 Å². The van der Waals surface area contributed by atoms with Crippen LogP contribution in [0.2, 0.25) is 0 Å². The minimum atomic E-state index is 1.08. The predicted octanol–water partition coefficient (Wildman–Crippen LogP) is 8.79.